The van der Waals surface area contributed by atoms with Gasteiger partial charge < -0.3 is 14.6 Å². The minimum Gasteiger partial charge on any atom is -0.441 e. The number of oxazole rings is 1. The van der Waals surface area contributed by atoms with Gasteiger partial charge in [-0.05, 0) is 36.8 Å². The second-order valence-corrected chi connectivity index (χ2v) is 6.36. The number of hydrogen-bond donors (Lipinski definition) is 1. The van der Waals surface area contributed by atoms with Crippen molar-refractivity contribution < 1.29 is 22.8 Å². The molecule has 0 spiro atoms. The predicted molar refractivity (Wildman–Crippen MR) is 94.2 cm³/mol. The zero-order valence-electron chi connectivity index (χ0n) is 14.3. The van der Waals surface area contributed by atoms with Gasteiger partial charge >= 0.3 is 0 Å². The Labute approximate surface area is 152 Å². The van der Waals surface area contributed by atoms with Crippen LogP contribution < -0.4 is 10.2 Å². The lowest BCUT2D eigenvalue weighted by atomic mass is 10.1. The molecular weight excluding hydrogens is 356 g/mol. The topological polar surface area (TPSA) is 75.4 Å². The molecule has 0 saturated carbocycles. The van der Waals surface area contributed by atoms with Crippen molar-refractivity contribution in [3.63, 3.8) is 0 Å². The first kappa shape index (κ1) is 17.1. The number of fused-ring (bicyclic) bond motifs is 1. The molecule has 138 valence electrons. The number of anilines is 2. The van der Waals surface area contributed by atoms with Gasteiger partial charge in [-0.3, -0.25) is 9.59 Å². The standard InChI is InChI=1S/C19H15F2N3O3/c1-10-22-16-9-13(2-3-17(16)27-10)23-18(25)15-4-5-24(19(15)26)14-7-11(20)6-12(21)8-14/h2-3,6-9,15H,4-5H2,1H3,(H,23,25). The second-order valence-electron chi connectivity index (χ2n) is 6.36. The number of aryl methyl sites for hydroxylation is 1. The molecule has 0 radical (unpaired) electrons. The van der Waals surface area contributed by atoms with Gasteiger partial charge in [0.2, 0.25) is 11.8 Å². The molecule has 1 atom stereocenters. The molecule has 1 aliphatic rings. The summed E-state index contributed by atoms with van der Waals surface area (Å²) >= 11 is 0. The number of benzene rings is 2. The van der Waals surface area contributed by atoms with Gasteiger partial charge in [0.05, 0.1) is 0 Å². The molecule has 1 N–H and O–H groups in total. The number of rotatable bonds is 3. The van der Waals surface area contributed by atoms with Crippen LogP contribution in [-0.4, -0.2) is 23.3 Å². The van der Waals surface area contributed by atoms with E-state index in [0.717, 1.165) is 18.2 Å². The number of carbonyl (C=O) groups is 2. The van der Waals surface area contributed by atoms with Crippen molar-refractivity contribution >= 4 is 34.3 Å². The Morgan fingerprint density at radius 3 is 2.70 bits per heavy atom. The summed E-state index contributed by atoms with van der Waals surface area (Å²) in [6.07, 6.45) is 0.258. The Balaban J connectivity index is 1.51. The van der Waals surface area contributed by atoms with E-state index in [1.54, 1.807) is 25.1 Å². The highest BCUT2D eigenvalue weighted by Gasteiger charge is 2.38. The van der Waals surface area contributed by atoms with Crippen LogP contribution in [0.4, 0.5) is 20.2 Å². The summed E-state index contributed by atoms with van der Waals surface area (Å²) in [4.78, 5) is 30.5. The summed E-state index contributed by atoms with van der Waals surface area (Å²) in [6, 6.07) is 7.87. The van der Waals surface area contributed by atoms with Crippen LogP contribution in [0.3, 0.4) is 0 Å². The van der Waals surface area contributed by atoms with E-state index < -0.39 is 29.4 Å². The lowest BCUT2D eigenvalue weighted by Crippen LogP contribution is -2.33. The van der Waals surface area contributed by atoms with Crippen molar-refractivity contribution in [3.8, 4) is 0 Å². The Hall–Kier alpha value is -3.29. The van der Waals surface area contributed by atoms with Crippen molar-refractivity contribution in [1.82, 2.24) is 4.98 Å². The largest absolute Gasteiger partial charge is 0.441 e. The third-order valence-corrected chi connectivity index (χ3v) is 4.44. The summed E-state index contributed by atoms with van der Waals surface area (Å²) in [5.74, 6) is -2.93. The molecule has 1 fully saturated rings. The van der Waals surface area contributed by atoms with E-state index >= 15 is 0 Å². The molecule has 0 bridgehead atoms. The van der Waals surface area contributed by atoms with E-state index in [1.807, 2.05) is 0 Å². The molecular formula is C19H15F2N3O3. The van der Waals surface area contributed by atoms with Gasteiger partial charge in [-0.25, -0.2) is 13.8 Å². The van der Waals surface area contributed by atoms with Crippen molar-refractivity contribution in [2.75, 3.05) is 16.8 Å². The number of nitrogens with one attached hydrogen (secondary N) is 1. The summed E-state index contributed by atoms with van der Waals surface area (Å²) in [5, 5.41) is 2.69. The Kier molecular flexibility index (Phi) is 4.10. The minimum atomic E-state index is -0.925. The van der Waals surface area contributed by atoms with E-state index in [0.29, 0.717) is 22.7 Å². The monoisotopic (exact) mass is 371 g/mol. The van der Waals surface area contributed by atoms with Crippen molar-refractivity contribution in [2.24, 2.45) is 5.92 Å². The van der Waals surface area contributed by atoms with Gasteiger partial charge in [0, 0.05) is 30.9 Å². The molecule has 27 heavy (non-hydrogen) atoms. The lowest BCUT2D eigenvalue weighted by Gasteiger charge is -2.17. The fraction of sp³-hybridized carbons (Fsp3) is 0.211. The average Bonchev–Trinajstić information content (AvgIpc) is 3.15. The van der Waals surface area contributed by atoms with Gasteiger partial charge in [-0.1, -0.05) is 0 Å². The normalized spacial score (nSPS) is 16.9. The number of amides is 2. The molecule has 8 heteroatoms. The third-order valence-electron chi connectivity index (χ3n) is 4.44. The number of hydrogen-bond acceptors (Lipinski definition) is 4. The molecule has 6 nitrogen and oxygen atoms in total. The summed E-state index contributed by atoms with van der Waals surface area (Å²) in [6.45, 7) is 1.93. The lowest BCUT2D eigenvalue weighted by molar-refractivity contribution is -0.129. The van der Waals surface area contributed by atoms with E-state index in [9.17, 15) is 18.4 Å². The maximum atomic E-state index is 13.4. The fourth-order valence-corrected chi connectivity index (χ4v) is 3.22. The van der Waals surface area contributed by atoms with Gasteiger partial charge in [0.15, 0.2) is 11.5 Å². The van der Waals surface area contributed by atoms with Crippen molar-refractivity contribution in [3.05, 3.63) is 53.9 Å². The molecule has 1 aliphatic heterocycles. The maximum Gasteiger partial charge on any atom is 0.239 e. The van der Waals surface area contributed by atoms with Crippen molar-refractivity contribution in [2.45, 2.75) is 13.3 Å². The van der Waals surface area contributed by atoms with E-state index in [4.69, 9.17) is 4.42 Å². The van der Waals surface area contributed by atoms with Crippen LogP contribution in [0.5, 0.6) is 0 Å². The minimum absolute atomic E-state index is 0.104. The summed E-state index contributed by atoms with van der Waals surface area (Å²) < 4.78 is 32.2. The Morgan fingerprint density at radius 2 is 1.96 bits per heavy atom. The molecule has 4 rings (SSSR count). The molecule has 2 aromatic carbocycles. The molecule has 1 aromatic heterocycles. The molecule has 3 aromatic rings. The zero-order valence-corrected chi connectivity index (χ0v) is 14.3. The first-order valence-electron chi connectivity index (χ1n) is 8.36. The van der Waals surface area contributed by atoms with Gasteiger partial charge in [0.25, 0.3) is 0 Å². The number of carbonyl (C=O) groups excluding carboxylic acids is 2. The second kappa shape index (κ2) is 6.46. The van der Waals surface area contributed by atoms with Crippen LogP contribution in [0.15, 0.2) is 40.8 Å². The predicted octanol–water partition coefficient (Wildman–Crippen LogP) is 3.41. The summed E-state index contributed by atoms with van der Waals surface area (Å²) in [7, 11) is 0. The smallest absolute Gasteiger partial charge is 0.239 e. The Morgan fingerprint density at radius 1 is 1.22 bits per heavy atom. The van der Waals surface area contributed by atoms with Crippen LogP contribution in [0.2, 0.25) is 0 Å². The van der Waals surface area contributed by atoms with Gasteiger partial charge in [-0.2, -0.15) is 0 Å². The highest BCUT2D eigenvalue weighted by Crippen LogP contribution is 2.28. The van der Waals surface area contributed by atoms with Crippen LogP contribution in [-0.2, 0) is 9.59 Å². The molecule has 2 amide bonds. The fourth-order valence-electron chi connectivity index (χ4n) is 3.22. The molecule has 2 heterocycles. The van der Waals surface area contributed by atoms with E-state index in [2.05, 4.69) is 10.3 Å². The van der Waals surface area contributed by atoms with Crippen molar-refractivity contribution in [1.29, 1.82) is 0 Å². The third kappa shape index (κ3) is 3.25. The maximum absolute atomic E-state index is 13.4. The van der Waals surface area contributed by atoms with Crippen LogP contribution in [0.1, 0.15) is 12.3 Å². The van der Waals surface area contributed by atoms with Crippen LogP contribution >= 0.6 is 0 Å². The highest BCUT2D eigenvalue weighted by atomic mass is 19.1. The van der Waals surface area contributed by atoms with Gasteiger partial charge in [0.1, 0.15) is 23.1 Å². The quantitative estimate of drug-likeness (QED) is 0.716. The summed E-state index contributed by atoms with van der Waals surface area (Å²) in [5.41, 5.74) is 1.79. The molecule has 0 aliphatic carbocycles. The number of halogens is 2. The number of nitrogens with zero attached hydrogens (tertiary/aromatic N) is 2. The highest BCUT2D eigenvalue weighted by molar-refractivity contribution is 6.13. The van der Waals surface area contributed by atoms with E-state index in [1.165, 1.54) is 4.90 Å². The zero-order chi connectivity index (χ0) is 19.1. The van der Waals surface area contributed by atoms with Gasteiger partial charge in [-0.15, -0.1) is 0 Å². The average molecular weight is 371 g/mol. The molecule has 1 saturated heterocycles. The molecule has 1 unspecified atom stereocenters. The first-order valence-corrected chi connectivity index (χ1v) is 8.36. The number of aromatic nitrogens is 1. The first-order chi connectivity index (χ1) is 12.9. The van der Waals surface area contributed by atoms with E-state index in [-0.39, 0.29) is 18.7 Å². The van der Waals surface area contributed by atoms with Crippen LogP contribution in [0, 0.1) is 24.5 Å². The van der Waals surface area contributed by atoms with Crippen LogP contribution in [0.25, 0.3) is 11.1 Å². The SMILES string of the molecule is Cc1nc2cc(NC(=O)C3CCN(c4cc(F)cc(F)c4)C3=O)ccc2o1. The Bertz CT molecular complexity index is 1040.